The number of ether oxygens (including phenoxy) is 2. The highest BCUT2D eigenvalue weighted by Gasteiger charge is 2.16. The molecule has 1 atom stereocenters. The van der Waals surface area contributed by atoms with Gasteiger partial charge in [-0.25, -0.2) is 4.98 Å². The van der Waals surface area contributed by atoms with Crippen LogP contribution in [0.1, 0.15) is 31.1 Å². The molecule has 5 heteroatoms. The molecule has 1 heterocycles. The zero-order valence-corrected chi connectivity index (χ0v) is 12.9. The molecule has 1 aromatic carbocycles. The van der Waals surface area contributed by atoms with E-state index in [1.807, 2.05) is 44.6 Å². The highest BCUT2D eigenvalue weighted by Crippen LogP contribution is 2.32. The SMILES string of the molecule is CCOc1ccc(C(NC)c2cscn2)cc1OCC. The van der Waals surface area contributed by atoms with E-state index in [1.165, 1.54) is 0 Å². The molecule has 0 aliphatic carbocycles. The van der Waals surface area contributed by atoms with Crippen LogP contribution in [-0.2, 0) is 0 Å². The van der Waals surface area contributed by atoms with Crippen LogP contribution in [-0.4, -0.2) is 25.2 Å². The van der Waals surface area contributed by atoms with Crippen LogP contribution in [0, 0.1) is 0 Å². The summed E-state index contributed by atoms with van der Waals surface area (Å²) in [4.78, 5) is 4.38. The molecule has 108 valence electrons. The molecule has 0 bridgehead atoms. The van der Waals surface area contributed by atoms with Gasteiger partial charge in [0.1, 0.15) is 0 Å². The summed E-state index contributed by atoms with van der Waals surface area (Å²) in [6, 6.07) is 6.10. The summed E-state index contributed by atoms with van der Waals surface area (Å²) in [6.45, 7) is 5.18. The monoisotopic (exact) mass is 292 g/mol. The molecular weight excluding hydrogens is 272 g/mol. The largest absolute Gasteiger partial charge is 0.490 e. The lowest BCUT2D eigenvalue weighted by molar-refractivity contribution is 0.287. The highest BCUT2D eigenvalue weighted by atomic mass is 32.1. The van der Waals surface area contributed by atoms with Gasteiger partial charge in [-0.1, -0.05) is 6.07 Å². The molecule has 2 rings (SSSR count). The van der Waals surface area contributed by atoms with E-state index in [4.69, 9.17) is 9.47 Å². The Hall–Kier alpha value is -1.59. The first-order valence-corrected chi connectivity index (χ1v) is 7.69. The van der Waals surface area contributed by atoms with Crippen molar-refractivity contribution in [3.63, 3.8) is 0 Å². The lowest BCUT2D eigenvalue weighted by atomic mass is 10.0. The van der Waals surface area contributed by atoms with Gasteiger partial charge < -0.3 is 14.8 Å². The van der Waals surface area contributed by atoms with Crippen molar-refractivity contribution in [3.05, 3.63) is 40.3 Å². The summed E-state index contributed by atoms with van der Waals surface area (Å²) in [5.41, 5.74) is 3.98. The van der Waals surface area contributed by atoms with Crippen molar-refractivity contribution in [2.24, 2.45) is 0 Å². The third-order valence-corrected chi connectivity index (χ3v) is 3.54. The smallest absolute Gasteiger partial charge is 0.161 e. The summed E-state index contributed by atoms with van der Waals surface area (Å²) >= 11 is 1.60. The van der Waals surface area contributed by atoms with Crippen LogP contribution in [0.5, 0.6) is 11.5 Å². The lowest BCUT2D eigenvalue weighted by Gasteiger charge is -2.17. The van der Waals surface area contributed by atoms with Crippen LogP contribution in [0.4, 0.5) is 0 Å². The molecule has 1 unspecified atom stereocenters. The molecule has 1 N–H and O–H groups in total. The molecule has 0 amide bonds. The average molecular weight is 292 g/mol. The lowest BCUT2D eigenvalue weighted by Crippen LogP contribution is -2.18. The van der Waals surface area contributed by atoms with E-state index >= 15 is 0 Å². The standard InChI is InChI=1S/C15H20N2O2S/c1-4-18-13-7-6-11(8-14(13)19-5-2)15(16-3)12-9-20-10-17-12/h6-10,15-16H,4-5H2,1-3H3. The molecule has 0 saturated carbocycles. The van der Waals surface area contributed by atoms with Gasteiger partial charge in [0.15, 0.2) is 11.5 Å². The van der Waals surface area contributed by atoms with E-state index in [9.17, 15) is 0 Å². The highest BCUT2D eigenvalue weighted by molar-refractivity contribution is 7.07. The summed E-state index contributed by atoms with van der Waals surface area (Å²) in [6.07, 6.45) is 0. The fraction of sp³-hybridized carbons (Fsp3) is 0.400. The molecule has 0 aliphatic heterocycles. The minimum absolute atomic E-state index is 0.0659. The van der Waals surface area contributed by atoms with Gasteiger partial charge in [-0.2, -0.15) is 0 Å². The Labute approximate surface area is 123 Å². The first-order valence-electron chi connectivity index (χ1n) is 6.75. The van der Waals surface area contributed by atoms with Gasteiger partial charge in [0.25, 0.3) is 0 Å². The third kappa shape index (κ3) is 3.29. The molecule has 0 spiro atoms. The van der Waals surface area contributed by atoms with Crippen molar-refractivity contribution in [1.29, 1.82) is 0 Å². The second-order valence-electron chi connectivity index (χ2n) is 4.21. The number of rotatable bonds is 7. The molecule has 0 saturated heterocycles. The Morgan fingerprint density at radius 2 is 1.95 bits per heavy atom. The Kier molecular flexibility index (Phi) is 5.38. The minimum atomic E-state index is 0.0659. The van der Waals surface area contributed by atoms with Crippen molar-refractivity contribution in [3.8, 4) is 11.5 Å². The maximum Gasteiger partial charge on any atom is 0.161 e. The molecule has 1 aromatic heterocycles. The fourth-order valence-electron chi connectivity index (χ4n) is 2.10. The summed E-state index contributed by atoms with van der Waals surface area (Å²) in [5, 5.41) is 5.34. The summed E-state index contributed by atoms with van der Waals surface area (Å²) < 4.78 is 11.3. The Morgan fingerprint density at radius 1 is 1.20 bits per heavy atom. The van der Waals surface area contributed by atoms with E-state index in [1.54, 1.807) is 11.3 Å². The molecule has 20 heavy (non-hydrogen) atoms. The van der Waals surface area contributed by atoms with Gasteiger partial charge in [0, 0.05) is 5.38 Å². The van der Waals surface area contributed by atoms with E-state index in [0.717, 1.165) is 22.8 Å². The molecule has 4 nitrogen and oxygen atoms in total. The van der Waals surface area contributed by atoms with Crippen molar-refractivity contribution in [2.45, 2.75) is 19.9 Å². The zero-order valence-electron chi connectivity index (χ0n) is 12.1. The molecule has 0 radical (unpaired) electrons. The minimum Gasteiger partial charge on any atom is -0.490 e. The predicted octanol–water partition coefficient (Wildman–Crippen LogP) is 3.25. The van der Waals surface area contributed by atoms with E-state index in [2.05, 4.69) is 15.7 Å². The first kappa shape index (κ1) is 14.8. The van der Waals surface area contributed by atoms with Gasteiger partial charge in [0.05, 0.1) is 30.5 Å². The molecule has 0 aliphatic rings. The van der Waals surface area contributed by atoms with Crippen molar-refractivity contribution in [1.82, 2.24) is 10.3 Å². The number of hydrogen-bond acceptors (Lipinski definition) is 5. The number of hydrogen-bond donors (Lipinski definition) is 1. The Bertz CT molecular complexity index is 529. The second kappa shape index (κ2) is 7.26. The average Bonchev–Trinajstić information content (AvgIpc) is 2.97. The van der Waals surface area contributed by atoms with Gasteiger partial charge in [-0.05, 0) is 38.6 Å². The number of nitrogens with zero attached hydrogens (tertiary/aromatic N) is 1. The molecular formula is C15H20N2O2S. The third-order valence-electron chi connectivity index (χ3n) is 2.94. The Balaban J connectivity index is 2.33. The number of nitrogens with one attached hydrogen (secondary N) is 1. The van der Waals surface area contributed by atoms with Crippen LogP contribution in [0.3, 0.4) is 0 Å². The maximum atomic E-state index is 5.67. The number of thiazole rings is 1. The van der Waals surface area contributed by atoms with Crippen LogP contribution in [0.2, 0.25) is 0 Å². The van der Waals surface area contributed by atoms with E-state index < -0.39 is 0 Å². The van der Waals surface area contributed by atoms with Gasteiger partial charge >= 0.3 is 0 Å². The Morgan fingerprint density at radius 3 is 2.55 bits per heavy atom. The predicted molar refractivity (Wildman–Crippen MR) is 81.8 cm³/mol. The topological polar surface area (TPSA) is 43.4 Å². The fourth-order valence-corrected chi connectivity index (χ4v) is 2.68. The first-order chi connectivity index (χ1) is 9.80. The van der Waals surface area contributed by atoms with Gasteiger partial charge in [-0.15, -0.1) is 11.3 Å². The normalized spacial score (nSPS) is 12.2. The summed E-state index contributed by atoms with van der Waals surface area (Å²) in [5.74, 6) is 1.56. The second-order valence-corrected chi connectivity index (χ2v) is 4.93. The van der Waals surface area contributed by atoms with Gasteiger partial charge in [-0.3, -0.25) is 0 Å². The quantitative estimate of drug-likeness (QED) is 0.850. The van der Waals surface area contributed by atoms with Crippen LogP contribution >= 0.6 is 11.3 Å². The number of benzene rings is 1. The van der Waals surface area contributed by atoms with Crippen molar-refractivity contribution < 1.29 is 9.47 Å². The van der Waals surface area contributed by atoms with Crippen LogP contribution in [0.25, 0.3) is 0 Å². The van der Waals surface area contributed by atoms with Crippen molar-refractivity contribution >= 4 is 11.3 Å². The molecule has 0 fully saturated rings. The summed E-state index contributed by atoms with van der Waals surface area (Å²) in [7, 11) is 1.93. The maximum absolute atomic E-state index is 5.67. The molecule has 2 aromatic rings. The van der Waals surface area contributed by atoms with Crippen LogP contribution < -0.4 is 14.8 Å². The zero-order chi connectivity index (χ0) is 14.4. The van der Waals surface area contributed by atoms with Crippen LogP contribution in [0.15, 0.2) is 29.1 Å². The van der Waals surface area contributed by atoms with E-state index in [0.29, 0.717) is 13.2 Å². The van der Waals surface area contributed by atoms with E-state index in [-0.39, 0.29) is 6.04 Å². The number of aromatic nitrogens is 1. The van der Waals surface area contributed by atoms with Gasteiger partial charge in [0.2, 0.25) is 0 Å². The van der Waals surface area contributed by atoms with Crippen molar-refractivity contribution in [2.75, 3.05) is 20.3 Å².